The molecule has 0 aromatic carbocycles. The van der Waals surface area contributed by atoms with Crippen molar-refractivity contribution in [3.63, 3.8) is 0 Å². The highest BCUT2D eigenvalue weighted by molar-refractivity contribution is 5.75. The number of hydrogen-bond acceptors (Lipinski definition) is 8. The minimum atomic E-state index is -0.681. The summed E-state index contributed by atoms with van der Waals surface area (Å²) in [5.74, 6) is -0.827. The molecular weight excluding hydrogens is 218 g/mol. The Bertz CT molecular complexity index is 421. The molecular formula is C7H9N5O4. The van der Waals surface area contributed by atoms with E-state index in [4.69, 9.17) is 5.73 Å². The van der Waals surface area contributed by atoms with Crippen LogP contribution in [-0.2, 0) is 9.53 Å². The summed E-state index contributed by atoms with van der Waals surface area (Å²) in [6, 6.07) is 0. The molecule has 1 aromatic heterocycles. The quantitative estimate of drug-likeness (QED) is 0.401. The molecule has 0 spiro atoms. The van der Waals surface area contributed by atoms with Crippen molar-refractivity contribution < 1.29 is 14.5 Å². The van der Waals surface area contributed by atoms with Gasteiger partial charge in [0.15, 0.2) is 0 Å². The molecule has 0 aliphatic heterocycles. The first-order valence-electron chi connectivity index (χ1n) is 4.12. The molecule has 0 saturated carbocycles. The van der Waals surface area contributed by atoms with Gasteiger partial charge in [0.1, 0.15) is 12.7 Å². The Labute approximate surface area is 89.8 Å². The minimum absolute atomic E-state index is 0.122. The lowest BCUT2D eigenvalue weighted by Crippen LogP contribution is -2.17. The molecule has 0 unspecified atom stereocenters. The van der Waals surface area contributed by atoms with Crippen LogP contribution in [0.25, 0.3) is 0 Å². The molecule has 0 saturated heterocycles. The zero-order valence-electron chi connectivity index (χ0n) is 8.34. The third-order valence-corrected chi connectivity index (χ3v) is 1.61. The van der Waals surface area contributed by atoms with E-state index in [1.807, 2.05) is 0 Å². The van der Waals surface area contributed by atoms with Crippen LogP contribution in [0.4, 0.5) is 17.5 Å². The molecule has 16 heavy (non-hydrogen) atoms. The maximum atomic E-state index is 10.8. The molecule has 1 aromatic rings. The van der Waals surface area contributed by atoms with E-state index >= 15 is 0 Å². The van der Waals surface area contributed by atoms with Crippen LogP contribution in [0, 0.1) is 10.1 Å². The summed E-state index contributed by atoms with van der Waals surface area (Å²) in [5.41, 5.74) is 4.90. The summed E-state index contributed by atoms with van der Waals surface area (Å²) in [5, 5.41) is 13.0. The van der Waals surface area contributed by atoms with Crippen molar-refractivity contribution in [2.45, 2.75) is 0 Å². The topological polar surface area (TPSA) is 133 Å². The fourth-order valence-corrected chi connectivity index (χ4v) is 0.881. The van der Waals surface area contributed by atoms with Gasteiger partial charge in [-0.15, -0.1) is 0 Å². The van der Waals surface area contributed by atoms with Crippen molar-refractivity contribution in [3.8, 4) is 0 Å². The molecule has 0 bridgehead atoms. The van der Waals surface area contributed by atoms with Crippen LogP contribution < -0.4 is 11.1 Å². The van der Waals surface area contributed by atoms with Gasteiger partial charge in [-0.3, -0.25) is 14.9 Å². The standard InChI is InChI=1S/C7H9N5O4/c1-16-5(13)3-9-6-4(12(14)15)2-10-7(8)11-6/h2H,3H2,1H3,(H3,8,9,10,11). The van der Waals surface area contributed by atoms with Crippen LogP contribution in [0.2, 0.25) is 0 Å². The number of nitrogens with one attached hydrogen (secondary N) is 1. The molecule has 3 N–H and O–H groups in total. The first-order chi connectivity index (χ1) is 7.54. The predicted octanol–water partition coefficient (Wildman–Crippen LogP) is -0.448. The average Bonchev–Trinajstić information content (AvgIpc) is 2.25. The van der Waals surface area contributed by atoms with Crippen molar-refractivity contribution >= 4 is 23.4 Å². The average molecular weight is 227 g/mol. The van der Waals surface area contributed by atoms with E-state index < -0.39 is 10.9 Å². The monoisotopic (exact) mass is 227 g/mol. The third kappa shape index (κ3) is 2.77. The summed E-state index contributed by atoms with van der Waals surface area (Å²) in [6.07, 6.45) is 0.960. The number of rotatable bonds is 4. The van der Waals surface area contributed by atoms with E-state index in [1.165, 1.54) is 7.11 Å². The number of anilines is 2. The third-order valence-electron chi connectivity index (χ3n) is 1.61. The summed E-state index contributed by atoms with van der Waals surface area (Å²) in [7, 11) is 1.20. The van der Waals surface area contributed by atoms with Crippen molar-refractivity contribution in [1.29, 1.82) is 0 Å². The Kier molecular flexibility index (Phi) is 3.53. The zero-order valence-corrected chi connectivity index (χ0v) is 8.34. The lowest BCUT2D eigenvalue weighted by molar-refractivity contribution is -0.384. The Morgan fingerprint density at radius 3 is 3.00 bits per heavy atom. The number of esters is 1. The molecule has 1 heterocycles. The summed E-state index contributed by atoms with van der Waals surface area (Å²) < 4.78 is 4.36. The number of nitrogens with zero attached hydrogens (tertiary/aromatic N) is 3. The van der Waals surface area contributed by atoms with E-state index in [0.29, 0.717) is 0 Å². The van der Waals surface area contributed by atoms with Crippen LogP contribution >= 0.6 is 0 Å². The second-order valence-corrected chi connectivity index (χ2v) is 2.65. The maximum absolute atomic E-state index is 10.8. The minimum Gasteiger partial charge on any atom is -0.468 e. The molecule has 0 fully saturated rings. The van der Waals surface area contributed by atoms with Gasteiger partial charge < -0.3 is 15.8 Å². The number of carbonyl (C=O) groups is 1. The highest BCUT2D eigenvalue weighted by Gasteiger charge is 2.17. The molecule has 0 amide bonds. The summed E-state index contributed by atoms with van der Waals surface area (Å²) in [4.78, 5) is 27.8. The van der Waals surface area contributed by atoms with Gasteiger partial charge in [-0.05, 0) is 0 Å². The number of nitro groups is 1. The van der Waals surface area contributed by atoms with Crippen LogP contribution in [0.3, 0.4) is 0 Å². The lowest BCUT2D eigenvalue weighted by atomic mass is 10.4. The Balaban J connectivity index is 2.88. The molecule has 1 rings (SSSR count). The first-order valence-corrected chi connectivity index (χ1v) is 4.12. The maximum Gasteiger partial charge on any atom is 0.329 e. The number of carbonyl (C=O) groups excluding carboxylic acids is 1. The second-order valence-electron chi connectivity index (χ2n) is 2.65. The highest BCUT2D eigenvalue weighted by Crippen LogP contribution is 2.20. The normalized spacial score (nSPS) is 9.56. The van der Waals surface area contributed by atoms with Crippen LogP contribution in [-0.4, -0.2) is 34.5 Å². The molecule has 0 aliphatic rings. The molecule has 9 nitrogen and oxygen atoms in total. The van der Waals surface area contributed by atoms with E-state index in [9.17, 15) is 14.9 Å². The first kappa shape index (κ1) is 11.6. The number of methoxy groups -OCH3 is 1. The second kappa shape index (κ2) is 4.87. The lowest BCUT2D eigenvalue weighted by Gasteiger charge is -2.04. The van der Waals surface area contributed by atoms with Crippen molar-refractivity contribution in [1.82, 2.24) is 9.97 Å². The number of hydrogen-bond donors (Lipinski definition) is 2. The molecule has 0 radical (unpaired) electrons. The molecule has 0 atom stereocenters. The van der Waals surface area contributed by atoms with E-state index in [0.717, 1.165) is 6.20 Å². The predicted molar refractivity (Wildman–Crippen MR) is 53.6 cm³/mol. The molecule has 9 heteroatoms. The Hall–Kier alpha value is -2.45. The largest absolute Gasteiger partial charge is 0.468 e. The van der Waals surface area contributed by atoms with Gasteiger partial charge in [0.25, 0.3) is 0 Å². The van der Waals surface area contributed by atoms with Crippen LogP contribution in [0.15, 0.2) is 6.20 Å². The molecule has 0 aliphatic carbocycles. The van der Waals surface area contributed by atoms with Crippen LogP contribution in [0.1, 0.15) is 0 Å². The van der Waals surface area contributed by atoms with Gasteiger partial charge in [-0.25, -0.2) is 4.98 Å². The number of aromatic nitrogens is 2. The van der Waals surface area contributed by atoms with Gasteiger partial charge in [0, 0.05) is 0 Å². The van der Waals surface area contributed by atoms with E-state index in [-0.39, 0.29) is 24.0 Å². The molecule has 86 valence electrons. The van der Waals surface area contributed by atoms with Crippen molar-refractivity contribution in [2.24, 2.45) is 0 Å². The number of nitrogen functional groups attached to an aromatic ring is 1. The summed E-state index contributed by atoms with van der Waals surface area (Å²) in [6.45, 7) is -0.242. The smallest absolute Gasteiger partial charge is 0.329 e. The fraction of sp³-hybridized carbons (Fsp3) is 0.286. The summed E-state index contributed by atoms with van der Waals surface area (Å²) >= 11 is 0. The number of ether oxygens (including phenoxy) is 1. The van der Waals surface area contributed by atoms with Gasteiger partial charge in [-0.1, -0.05) is 0 Å². The van der Waals surface area contributed by atoms with Crippen molar-refractivity contribution in [3.05, 3.63) is 16.3 Å². The Morgan fingerprint density at radius 1 is 1.75 bits per heavy atom. The SMILES string of the molecule is COC(=O)CNc1nc(N)ncc1[N+](=O)[O-]. The highest BCUT2D eigenvalue weighted by atomic mass is 16.6. The van der Waals surface area contributed by atoms with E-state index in [2.05, 4.69) is 20.0 Å². The number of nitrogens with two attached hydrogens (primary N) is 1. The van der Waals surface area contributed by atoms with E-state index in [1.54, 1.807) is 0 Å². The Morgan fingerprint density at radius 2 is 2.44 bits per heavy atom. The van der Waals surface area contributed by atoms with Gasteiger partial charge in [0.2, 0.25) is 11.8 Å². The van der Waals surface area contributed by atoms with Gasteiger partial charge in [0.05, 0.1) is 12.0 Å². The van der Waals surface area contributed by atoms with Gasteiger partial charge >= 0.3 is 11.7 Å². The van der Waals surface area contributed by atoms with Crippen molar-refractivity contribution in [2.75, 3.05) is 24.7 Å². The van der Waals surface area contributed by atoms with Gasteiger partial charge in [-0.2, -0.15) is 4.98 Å². The fourth-order valence-electron chi connectivity index (χ4n) is 0.881. The van der Waals surface area contributed by atoms with Crippen LogP contribution in [0.5, 0.6) is 0 Å². The zero-order chi connectivity index (χ0) is 12.1.